The monoisotopic (exact) mass is 366 g/mol. The van der Waals surface area contributed by atoms with Gasteiger partial charge in [-0.25, -0.2) is 15.1 Å². The Labute approximate surface area is 149 Å². The van der Waals surface area contributed by atoms with Crippen LogP contribution in [-0.4, -0.2) is 45.4 Å². The zero-order valence-corrected chi connectivity index (χ0v) is 14.3. The number of guanidine groups is 1. The molecule has 26 heavy (non-hydrogen) atoms. The van der Waals surface area contributed by atoms with E-state index in [1.54, 1.807) is 17.6 Å². The summed E-state index contributed by atoms with van der Waals surface area (Å²) in [7, 11) is 0. The molecule has 0 aromatic heterocycles. The summed E-state index contributed by atoms with van der Waals surface area (Å²) in [5, 5.41) is 18.7. The van der Waals surface area contributed by atoms with E-state index in [4.69, 9.17) is 11.5 Å². The zero-order chi connectivity index (χ0) is 19.7. The maximum atomic E-state index is 12.0. The molecule has 0 saturated carbocycles. The summed E-state index contributed by atoms with van der Waals surface area (Å²) in [5.41, 5.74) is 13.1. The number of nitro groups is 1. The van der Waals surface area contributed by atoms with Crippen LogP contribution in [0, 0.1) is 10.1 Å². The van der Waals surface area contributed by atoms with Gasteiger partial charge in [0.15, 0.2) is 5.03 Å². The molecule has 6 N–H and O–H groups in total. The number of carbonyl (C=O) groups excluding carboxylic acids is 2. The number of amides is 2. The highest BCUT2D eigenvalue weighted by Gasteiger charge is 2.25. The molecule has 0 radical (unpaired) electrons. The number of nitrogens with zero attached hydrogens (tertiary/aromatic N) is 3. The van der Waals surface area contributed by atoms with Crippen molar-refractivity contribution in [3.63, 3.8) is 0 Å². The number of carbonyl (C=O) groups is 2. The summed E-state index contributed by atoms with van der Waals surface area (Å²) in [5.74, 6) is -1.26. The summed E-state index contributed by atoms with van der Waals surface area (Å²) in [6.07, 6.45) is 0.565. The van der Waals surface area contributed by atoms with Crippen molar-refractivity contribution in [2.75, 3.05) is 6.54 Å². The van der Waals surface area contributed by atoms with Crippen LogP contribution in [0.4, 0.5) is 0 Å². The van der Waals surface area contributed by atoms with Crippen molar-refractivity contribution in [1.29, 1.82) is 0 Å². The van der Waals surface area contributed by atoms with Crippen LogP contribution in [0.2, 0.25) is 0 Å². The van der Waals surface area contributed by atoms with Gasteiger partial charge < -0.3 is 21.5 Å². The Morgan fingerprint density at radius 1 is 1.35 bits per heavy atom. The van der Waals surface area contributed by atoms with Gasteiger partial charge in [0, 0.05) is 20.0 Å². The van der Waals surface area contributed by atoms with Crippen molar-refractivity contribution < 1.29 is 19.7 Å². The standard InChI is InChI=1S/C15H22N6O5/c1-10(22)20(9-11-4-6-12(23)7-5-11)13(14(16)24)3-2-8-18-15(17)19-21(25)26/h4-7,13,23H,2-3,8-9H2,1H3,(H2,16,24)(H3,17,18,19)/t13-/m1/s1. The second-order valence-corrected chi connectivity index (χ2v) is 5.51. The molecule has 0 spiro atoms. The van der Waals surface area contributed by atoms with Gasteiger partial charge in [0.05, 0.1) is 0 Å². The van der Waals surface area contributed by atoms with Crippen molar-refractivity contribution in [3.05, 3.63) is 39.9 Å². The first kappa shape index (κ1) is 20.7. The first-order valence-electron chi connectivity index (χ1n) is 7.76. The highest BCUT2D eigenvalue weighted by Crippen LogP contribution is 2.16. The van der Waals surface area contributed by atoms with E-state index in [0.717, 1.165) is 5.56 Å². The molecule has 1 aromatic carbocycles. The number of phenolic OH excluding ortho intramolecular Hbond substituents is 1. The lowest BCUT2D eigenvalue weighted by Crippen LogP contribution is -2.46. The Morgan fingerprint density at radius 2 is 1.96 bits per heavy atom. The minimum absolute atomic E-state index is 0.0911. The molecule has 0 fully saturated rings. The van der Waals surface area contributed by atoms with E-state index in [-0.39, 0.29) is 37.1 Å². The molecule has 1 atom stereocenters. The van der Waals surface area contributed by atoms with Crippen molar-refractivity contribution in [2.45, 2.75) is 32.4 Å². The summed E-state index contributed by atoms with van der Waals surface area (Å²) in [6.45, 7) is 1.60. The van der Waals surface area contributed by atoms with Gasteiger partial charge in [0.1, 0.15) is 11.8 Å². The molecule has 11 heteroatoms. The van der Waals surface area contributed by atoms with E-state index in [0.29, 0.717) is 6.42 Å². The van der Waals surface area contributed by atoms with Crippen LogP contribution < -0.4 is 16.9 Å². The van der Waals surface area contributed by atoms with Crippen LogP contribution in [0.25, 0.3) is 0 Å². The van der Waals surface area contributed by atoms with E-state index in [1.165, 1.54) is 24.0 Å². The lowest BCUT2D eigenvalue weighted by atomic mass is 10.1. The smallest absolute Gasteiger partial charge is 0.251 e. The molecule has 0 unspecified atom stereocenters. The minimum atomic E-state index is -0.860. The molecular formula is C15H22N6O5. The molecule has 0 aliphatic carbocycles. The number of rotatable bonds is 9. The average molecular weight is 366 g/mol. The van der Waals surface area contributed by atoms with Gasteiger partial charge in [-0.1, -0.05) is 17.6 Å². The molecule has 142 valence electrons. The second-order valence-electron chi connectivity index (χ2n) is 5.51. The SMILES string of the molecule is CC(=O)N(Cc1ccc(O)cc1)[C@H](CCCN=C(N)N[N+](=O)[O-])C(N)=O. The van der Waals surface area contributed by atoms with Gasteiger partial charge >= 0.3 is 0 Å². The lowest BCUT2D eigenvalue weighted by molar-refractivity contribution is -0.525. The number of aliphatic imine (C=N–C) groups is 1. The fourth-order valence-corrected chi connectivity index (χ4v) is 2.30. The van der Waals surface area contributed by atoms with Crippen molar-refractivity contribution >= 4 is 17.8 Å². The molecule has 0 aliphatic rings. The highest BCUT2D eigenvalue weighted by atomic mass is 16.7. The number of hydrogen-bond acceptors (Lipinski definition) is 6. The fourth-order valence-electron chi connectivity index (χ4n) is 2.30. The predicted molar refractivity (Wildman–Crippen MR) is 93.2 cm³/mol. The molecule has 0 saturated heterocycles. The normalized spacial score (nSPS) is 12.3. The molecule has 1 rings (SSSR count). The number of phenols is 1. The Balaban J connectivity index is 2.74. The van der Waals surface area contributed by atoms with Crippen LogP contribution in [0.1, 0.15) is 25.3 Å². The maximum absolute atomic E-state index is 12.0. The quantitative estimate of drug-likeness (QED) is 0.149. The Bertz CT molecular complexity index is 676. The molecule has 11 nitrogen and oxygen atoms in total. The fraction of sp³-hybridized carbons (Fsp3) is 0.400. The summed E-state index contributed by atoms with van der Waals surface area (Å²) < 4.78 is 0. The van der Waals surface area contributed by atoms with E-state index in [1.807, 2.05) is 0 Å². The maximum Gasteiger partial charge on any atom is 0.251 e. The third-order valence-electron chi connectivity index (χ3n) is 3.52. The Hall–Kier alpha value is -3.37. The number of benzene rings is 1. The summed E-state index contributed by atoms with van der Waals surface area (Å²) in [4.78, 5) is 39.0. The second kappa shape index (κ2) is 9.81. The highest BCUT2D eigenvalue weighted by molar-refractivity contribution is 5.85. The third-order valence-corrected chi connectivity index (χ3v) is 3.52. The number of hydrazine groups is 1. The third kappa shape index (κ3) is 7.03. The molecular weight excluding hydrogens is 344 g/mol. The van der Waals surface area contributed by atoms with Crippen molar-refractivity contribution in [1.82, 2.24) is 10.3 Å². The number of hydrogen-bond donors (Lipinski definition) is 4. The largest absolute Gasteiger partial charge is 0.508 e. The van der Waals surface area contributed by atoms with E-state index in [9.17, 15) is 24.8 Å². The predicted octanol–water partition coefficient (Wildman–Crippen LogP) is -0.529. The minimum Gasteiger partial charge on any atom is -0.508 e. The van der Waals surface area contributed by atoms with Crippen molar-refractivity contribution in [2.24, 2.45) is 16.5 Å². The van der Waals surface area contributed by atoms with Gasteiger partial charge in [0.2, 0.25) is 11.8 Å². The van der Waals surface area contributed by atoms with E-state index in [2.05, 4.69) is 4.99 Å². The van der Waals surface area contributed by atoms with Crippen LogP contribution >= 0.6 is 0 Å². The van der Waals surface area contributed by atoms with Crippen LogP contribution in [-0.2, 0) is 16.1 Å². The number of aromatic hydroxyl groups is 1. The summed E-state index contributed by atoms with van der Waals surface area (Å²) in [6, 6.07) is 5.37. The number of nitrogens with two attached hydrogens (primary N) is 2. The average Bonchev–Trinajstić information content (AvgIpc) is 2.53. The molecule has 1 aromatic rings. The molecule has 0 bridgehead atoms. The number of nitrogens with one attached hydrogen (secondary N) is 1. The first-order valence-corrected chi connectivity index (χ1v) is 7.76. The van der Waals surface area contributed by atoms with Gasteiger partial charge in [-0.2, -0.15) is 0 Å². The van der Waals surface area contributed by atoms with Crippen LogP contribution in [0.5, 0.6) is 5.75 Å². The Morgan fingerprint density at radius 3 is 2.46 bits per heavy atom. The van der Waals surface area contributed by atoms with Gasteiger partial charge in [-0.05, 0) is 30.5 Å². The molecule has 0 heterocycles. The van der Waals surface area contributed by atoms with Gasteiger partial charge in [-0.15, -0.1) is 0 Å². The van der Waals surface area contributed by atoms with E-state index < -0.39 is 17.0 Å². The van der Waals surface area contributed by atoms with Gasteiger partial charge in [-0.3, -0.25) is 9.59 Å². The summed E-state index contributed by atoms with van der Waals surface area (Å²) >= 11 is 0. The topological polar surface area (TPSA) is 177 Å². The first-order chi connectivity index (χ1) is 12.2. The van der Waals surface area contributed by atoms with Crippen LogP contribution in [0.15, 0.2) is 29.3 Å². The van der Waals surface area contributed by atoms with Crippen LogP contribution in [0.3, 0.4) is 0 Å². The number of primary amides is 1. The van der Waals surface area contributed by atoms with Crippen molar-refractivity contribution in [3.8, 4) is 5.75 Å². The molecule has 0 aliphatic heterocycles. The molecule has 2 amide bonds. The van der Waals surface area contributed by atoms with E-state index >= 15 is 0 Å². The van der Waals surface area contributed by atoms with Gasteiger partial charge in [0.25, 0.3) is 5.96 Å². The zero-order valence-electron chi connectivity index (χ0n) is 14.3. The Kier molecular flexibility index (Phi) is 7.80. The lowest BCUT2D eigenvalue weighted by Gasteiger charge is -2.29.